The molecule has 0 spiro atoms. The van der Waals surface area contributed by atoms with Gasteiger partial charge in [0.25, 0.3) is 0 Å². The van der Waals surface area contributed by atoms with E-state index >= 15 is 0 Å². The van der Waals surface area contributed by atoms with Crippen molar-refractivity contribution < 1.29 is 10.2 Å². The molecule has 0 aliphatic heterocycles. The highest BCUT2D eigenvalue weighted by atomic mass is 32.2. The minimum atomic E-state index is -0.569. The van der Waals surface area contributed by atoms with Crippen molar-refractivity contribution in [3.8, 4) is 0 Å². The highest BCUT2D eigenvalue weighted by Crippen LogP contribution is 2.21. The third-order valence-electron chi connectivity index (χ3n) is 2.08. The highest BCUT2D eigenvalue weighted by Gasteiger charge is 2.24. The van der Waals surface area contributed by atoms with Crippen LogP contribution >= 0.6 is 11.8 Å². The first kappa shape index (κ1) is 12.3. The summed E-state index contributed by atoms with van der Waals surface area (Å²) in [5, 5.41) is 18.3. The Hall–Kier alpha value is 0.270. The van der Waals surface area contributed by atoms with Crippen molar-refractivity contribution in [2.75, 3.05) is 18.1 Å². The van der Waals surface area contributed by atoms with Gasteiger partial charge in [0.2, 0.25) is 0 Å². The van der Waals surface area contributed by atoms with Crippen LogP contribution in [-0.2, 0) is 0 Å². The van der Waals surface area contributed by atoms with Crippen LogP contribution in [0.1, 0.15) is 27.2 Å². The number of rotatable bonds is 6. The van der Waals surface area contributed by atoms with E-state index in [9.17, 15) is 5.11 Å². The molecule has 0 radical (unpaired) electrons. The predicted molar refractivity (Wildman–Crippen MR) is 54.5 cm³/mol. The maximum atomic E-state index is 9.81. The standard InChI is InChI=1S/C9H20O2S/c1-8(2)9(3,11)7-12-6-4-5-10/h8,10-11H,4-7H2,1-3H3. The average molecular weight is 192 g/mol. The summed E-state index contributed by atoms with van der Waals surface area (Å²) in [7, 11) is 0. The molecule has 12 heavy (non-hydrogen) atoms. The molecule has 0 aromatic rings. The van der Waals surface area contributed by atoms with Crippen molar-refractivity contribution >= 4 is 11.8 Å². The van der Waals surface area contributed by atoms with Gasteiger partial charge in [-0.3, -0.25) is 0 Å². The van der Waals surface area contributed by atoms with Gasteiger partial charge in [-0.05, 0) is 25.0 Å². The Morgan fingerprint density at radius 2 is 2.00 bits per heavy atom. The lowest BCUT2D eigenvalue weighted by molar-refractivity contribution is 0.0376. The molecule has 2 N–H and O–H groups in total. The summed E-state index contributed by atoms with van der Waals surface area (Å²) in [5.41, 5.74) is -0.569. The van der Waals surface area contributed by atoms with E-state index in [-0.39, 0.29) is 6.61 Å². The van der Waals surface area contributed by atoms with Crippen molar-refractivity contribution in [2.24, 2.45) is 5.92 Å². The van der Waals surface area contributed by atoms with Crippen LogP contribution in [0.4, 0.5) is 0 Å². The van der Waals surface area contributed by atoms with Crippen LogP contribution in [0.2, 0.25) is 0 Å². The van der Waals surface area contributed by atoms with Crippen molar-refractivity contribution in [1.82, 2.24) is 0 Å². The van der Waals surface area contributed by atoms with Crippen LogP contribution in [0.3, 0.4) is 0 Å². The molecular formula is C9H20O2S. The summed E-state index contributed by atoms with van der Waals surface area (Å²) in [6.07, 6.45) is 0.818. The summed E-state index contributed by atoms with van der Waals surface area (Å²) < 4.78 is 0. The molecule has 0 aliphatic rings. The van der Waals surface area contributed by atoms with Gasteiger partial charge in [-0.25, -0.2) is 0 Å². The Labute approximate surface area is 79.4 Å². The monoisotopic (exact) mass is 192 g/mol. The molecule has 0 aromatic heterocycles. The zero-order valence-corrected chi connectivity index (χ0v) is 9.02. The molecule has 0 saturated heterocycles. The molecule has 1 unspecified atom stereocenters. The molecule has 0 aliphatic carbocycles. The summed E-state index contributed by atoms with van der Waals surface area (Å²) >= 11 is 1.70. The topological polar surface area (TPSA) is 40.5 Å². The molecular weight excluding hydrogens is 172 g/mol. The van der Waals surface area contributed by atoms with Gasteiger partial charge in [0.15, 0.2) is 0 Å². The Bertz CT molecular complexity index is 113. The van der Waals surface area contributed by atoms with E-state index < -0.39 is 5.60 Å². The summed E-state index contributed by atoms with van der Waals surface area (Å²) in [6, 6.07) is 0. The van der Waals surface area contributed by atoms with Crippen molar-refractivity contribution in [2.45, 2.75) is 32.8 Å². The van der Waals surface area contributed by atoms with Gasteiger partial charge < -0.3 is 10.2 Å². The van der Waals surface area contributed by atoms with Gasteiger partial charge in [0.05, 0.1) is 5.60 Å². The smallest absolute Gasteiger partial charge is 0.0732 e. The van der Waals surface area contributed by atoms with E-state index in [0.717, 1.165) is 17.9 Å². The molecule has 0 bridgehead atoms. The second kappa shape index (κ2) is 5.84. The van der Waals surface area contributed by atoms with E-state index in [2.05, 4.69) is 0 Å². The first-order valence-corrected chi connectivity index (χ1v) is 5.57. The quantitative estimate of drug-likeness (QED) is 0.627. The van der Waals surface area contributed by atoms with Crippen molar-refractivity contribution in [3.63, 3.8) is 0 Å². The van der Waals surface area contributed by atoms with Crippen LogP contribution in [0.5, 0.6) is 0 Å². The van der Waals surface area contributed by atoms with E-state index in [1.54, 1.807) is 11.8 Å². The highest BCUT2D eigenvalue weighted by molar-refractivity contribution is 7.99. The van der Waals surface area contributed by atoms with Gasteiger partial charge in [0.1, 0.15) is 0 Å². The first-order chi connectivity index (χ1) is 5.50. The lowest BCUT2D eigenvalue weighted by atomic mass is 9.95. The van der Waals surface area contributed by atoms with E-state index in [4.69, 9.17) is 5.11 Å². The number of thioether (sulfide) groups is 1. The molecule has 0 amide bonds. The van der Waals surface area contributed by atoms with Gasteiger partial charge in [-0.1, -0.05) is 13.8 Å². The zero-order valence-electron chi connectivity index (χ0n) is 8.21. The van der Waals surface area contributed by atoms with E-state index in [0.29, 0.717) is 5.92 Å². The zero-order chi connectivity index (χ0) is 9.61. The number of aliphatic hydroxyl groups is 2. The maximum absolute atomic E-state index is 9.81. The van der Waals surface area contributed by atoms with Gasteiger partial charge in [-0.2, -0.15) is 11.8 Å². The Balaban J connectivity index is 3.47. The SMILES string of the molecule is CC(C)C(C)(O)CSCCCO. The predicted octanol–water partition coefficient (Wildman–Crippen LogP) is 1.51. The molecule has 74 valence electrons. The first-order valence-electron chi connectivity index (χ1n) is 4.41. The summed E-state index contributed by atoms with van der Waals surface area (Å²) in [5.74, 6) is 1.98. The molecule has 0 aromatic carbocycles. The fourth-order valence-corrected chi connectivity index (χ4v) is 1.84. The largest absolute Gasteiger partial charge is 0.396 e. The second-order valence-electron chi connectivity index (χ2n) is 3.64. The third-order valence-corrected chi connectivity index (χ3v) is 3.45. The molecule has 2 nitrogen and oxygen atoms in total. The van der Waals surface area contributed by atoms with Gasteiger partial charge in [-0.15, -0.1) is 0 Å². The van der Waals surface area contributed by atoms with Crippen LogP contribution in [-0.4, -0.2) is 33.9 Å². The molecule has 0 saturated carbocycles. The van der Waals surface area contributed by atoms with Crippen LogP contribution in [0.15, 0.2) is 0 Å². The van der Waals surface area contributed by atoms with Crippen molar-refractivity contribution in [1.29, 1.82) is 0 Å². The van der Waals surface area contributed by atoms with Crippen LogP contribution in [0, 0.1) is 5.92 Å². The summed E-state index contributed by atoms with van der Waals surface area (Å²) in [6.45, 7) is 6.15. The number of hydrogen-bond acceptors (Lipinski definition) is 3. The van der Waals surface area contributed by atoms with Gasteiger partial charge in [0, 0.05) is 12.4 Å². The molecule has 0 rings (SSSR count). The summed E-state index contributed by atoms with van der Waals surface area (Å²) in [4.78, 5) is 0. The van der Waals surface area contributed by atoms with Crippen LogP contribution < -0.4 is 0 Å². The molecule has 3 heteroatoms. The number of aliphatic hydroxyl groups excluding tert-OH is 1. The maximum Gasteiger partial charge on any atom is 0.0732 e. The van der Waals surface area contributed by atoms with Crippen LogP contribution in [0.25, 0.3) is 0 Å². The minimum absolute atomic E-state index is 0.247. The molecule has 0 heterocycles. The fraction of sp³-hybridized carbons (Fsp3) is 1.00. The molecule has 0 fully saturated rings. The second-order valence-corrected chi connectivity index (χ2v) is 4.75. The lowest BCUT2D eigenvalue weighted by Gasteiger charge is -2.27. The lowest BCUT2D eigenvalue weighted by Crippen LogP contribution is -2.33. The Morgan fingerprint density at radius 3 is 2.42 bits per heavy atom. The van der Waals surface area contributed by atoms with E-state index in [1.807, 2.05) is 20.8 Å². The Kier molecular flexibility index (Phi) is 5.97. The fourth-order valence-electron chi connectivity index (χ4n) is 0.612. The molecule has 1 atom stereocenters. The minimum Gasteiger partial charge on any atom is -0.396 e. The Morgan fingerprint density at radius 1 is 1.42 bits per heavy atom. The van der Waals surface area contributed by atoms with E-state index in [1.165, 1.54) is 0 Å². The third kappa shape index (κ3) is 5.01. The van der Waals surface area contributed by atoms with Gasteiger partial charge >= 0.3 is 0 Å². The normalized spacial score (nSPS) is 16.5. The van der Waals surface area contributed by atoms with Crippen molar-refractivity contribution in [3.05, 3.63) is 0 Å². The average Bonchev–Trinajstić information content (AvgIpc) is 1.98. The number of hydrogen-bond donors (Lipinski definition) is 2.